The van der Waals surface area contributed by atoms with Crippen LogP contribution in [0.5, 0.6) is 0 Å². The third kappa shape index (κ3) is 3.42. The van der Waals surface area contributed by atoms with Crippen molar-refractivity contribution < 1.29 is 4.79 Å². The van der Waals surface area contributed by atoms with E-state index in [2.05, 4.69) is 17.2 Å². The van der Waals surface area contributed by atoms with Gasteiger partial charge in [0.25, 0.3) is 5.91 Å². The van der Waals surface area contributed by atoms with E-state index in [1.165, 1.54) is 0 Å². The van der Waals surface area contributed by atoms with E-state index in [0.717, 1.165) is 39.8 Å². The predicted molar refractivity (Wildman–Crippen MR) is 109 cm³/mol. The maximum Gasteiger partial charge on any atom is 0.256 e. The van der Waals surface area contributed by atoms with Gasteiger partial charge in [0.05, 0.1) is 16.8 Å². The van der Waals surface area contributed by atoms with Crippen LogP contribution in [0.15, 0.2) is 79.1 Å². The van der Waals surface area contributed by atoms with Crippen LogP contribution < -0.4 is 5.32 Å². The number of amides is 1. The second kappa shape index (κ2) is 7.38. The Morgan fingerprint density at radius 3 is 2.52 bits per heavy atom. The average molecular weight is 353 g/mol. The van der Waals surface area contributed by atoms with Crippen LogP contribution in [0.1, 0.15) is 22.8 Å². The standard InChI is InChI=1S/C23H19N3O/c1-2-16-7-3-5-9-20(16)26-23(27)19-15-22(17-11-13-24-14-12-17)25-21-10-6-4-8-18(19)21/h3-15H,2H2,1H3,(H,26,27). The zero-order valence-corrected chi connectivity index (χ0v) is 15.0. The molecule has 0 saturated carbocycles. The normalized spacial score (nSPS) is 10.7. The van der Waals surface area contributed by atoms with Crippen molar-refractivity contribution in [1.29, 1.82) is 0 Å². The minimum Gasteiger partial charge on any atom is -0.322 e. The lowest BCUT2D eigenvalue weighted by Crippen LogP contribution is -2.14. The number of carbonyl (C=O) groups excluding carboxylic acids is 1. The van der Waals surface area contributed by atoms with E-state index in [1.807, 2.05) is 66.7 Å². The second-order valence-electron chi connectivity index (χ2n) is 6.27. The monoisotopic (exact) mass is 353 g/mol. The van der Waals surface area contributed by atoms with Gasteiger partial charge in [0.2, 0.25) is 0 Å². The van der Waals surface area contributed by atoms with E-state index in [9.17, 15) is 4.79 Å². The maximum atomic E-state index is 13.1. The van der Waals surface area contributed by atoms with Crippen LogP contribution >= 0.6 is 0 Å². The molecule has 0 spiro atoms. The number of rotatable bonds is 4. The number of anilines is 1. The Morgan fingerprint density at radius 1 is 0.963 bits per heavy atom. The van der Waals surface area contributed by atoms with Crippen molar-refractivity contribution in [2.24, 2.45) is 0 Å². The van der Waals surface area contributed by atoms with Gasteiger partial charge in [-0.3, -0.25) is 9.78 Å². The van der Waals surface area contributed by atoms with E-state index in [0.29, 0.717) is 5.56 Å². The molecule has 0 saturated heterocycles. The lowest BCUT2D eigenvalue weighted by molar-refractivity contribution is 0.102. The minimum absolute atomic E-state index is 0.134. The van der Waals surface area contributed by atoms with Gasteiger partial charge in [0.15, 0.2) is 0 Å². The van der Waals surface area contributed by atoms with Crippen molar-refractivity contribution in [2.75, 3.05) is 5.32 Å². The summed E-state index contributed by atoms with van der Waals surface area (Å²) in [6.45, 7) is 2.08. The molecule has 4 nitrogen and oxygen atoms in total. The van der Waals surface area contributed by atoms with Gasteiger partial charge in [-0.15, -0.1) is 0 Å². The fourth-order valence-corrected chi connectivity index (χ4v) is 3.17. The fourth-order valence-electron chi connectivity index (χ4n) is 3.17. The summed E-state index contributed by atoms with van der Waals surface area (Å²) in [5.74, 6) is -0.134. The number of aromatic nitrogens is 2. The number of pyridine rings is 2. The molecule has 2 aromatic carbocycles. The number of para-hydroxylation sites is 2. The first-order valence-corrected chi connectivity index (χ1v) is 8.95. The van der Waals surface area contributed by atoms with Gasteiger partial charge in [0, 0.05) is 29.0 Å². The van der Waals surface area contributed by atoms with Crippen LogP contribution in [0.3, 0.4) is 0 Å². The summed E-state index contributed by atoms with van der Waals surface area (Å²) in [6.07, 6.45) is 4.31. The highest BCUT2D eigenvalue weighted by Gasteiger charge is 2.15. The number of hydrogen-bond donors (Lipinski definition) is 1. The van der Waals surface area contributed by atoms with Crippen molar-refractivity contribution in [3.8, 4) is 11.3 Å². The van der Waals surface area contributed by atoms with Crippen LogP contribution in [0.25, 0.3) is 22.2 Å². The first kappa shape index (κ1) is 16.9. The Hall–Kier alpha value is -3.53. The smallest absolute Gasteiger partial charge is 0.256 e. The summed E-state index contributed by atoms with van der Waals surface area (Å²) >= 11 is 0. The molecule has 1 amide bonds. The van der Waals surface area contributed by atoms with Gasteiger partial charge < -0.3 is 5.32 Å². The Bertz CT molecular complexity index is 1110. The molecule has 0 aliphatic heterocycles. The Kier molecular flexibility index (Phi) is 4.62. The Labute approximate surface area is 157 Å². The maximum absolute atomic E-state index is 13.1. The number of fused-ring (bicyclic) bond motifs is 1. The van der Waals surface area contributed by atoms with E-state index >= 15 is 0 Å². The van der Waals surface area contributed by atoms with Gasteiger partial charge in [-0.1, -0.05) is 43.3 Å². The van der Waals surface area contributed by atoms with Crippen LogP contribution in [0.4, 0.5) is 5.69 Å². The summed E-state index contributed by atoms with van der Waals surface area (Å²) in [5.41, 5.74) is 5.04. The molecule has 2 heterocycles. The molecular formula is C23H19N3O. The molecule has 0 unspecified atom stereocenters. The topological polar surface area (TPSA) is 54.9 Å². The van der Waals surface area contributed by atoms with Crippen LogP contribution in [0, 0.1) is 0 Å². The molecule has 0 radical (unpaired) electrons. The molecule has 0 bridgehead atoms. The third-order valence-corrected chi connectivity index (χ3v) is 4.58. The second-order valence-corrected chi connectivity index (χ2v) is 6.27. The molecule has 4 aromatic rings. The van der Waals surface area contributed by atoms with E-state index in [4.69, 9.17) is 4.98 Å². The van der Waals surface area contributed by atoms with Gasteiger partial charge in [-0.25, -0.2) is 4.98 Å². The molecule has 2 aromatic heterocycles. The van der Waals surface area contributed by atoms with Gasteiger partial charge in [-0.05, 0) is 42.3 Å². The molecule has 0 fully saturated rings. The molecule has 0 aliphatic rings. The highest BCUT2D eigenvalue weighted by Crippen LogP contribution is 2.26. The van der Waals surface area contributed by atoms with Crippen molar-refractivity contribution in [2.45, 2.75) is 13.3 Å². The largest absolute Gasteiger partial charge is 0.322 e. The fraction of sp³-hybridized carbons (Fsp3) is 0.0870. The first-order valence-electron chi connectivity index (χ1n) is 8.95. The number of hydrogen-bond acceptors (Lipinski definition) is 3. The molecule has 132 valence electrons. The van der Waals surface area contributed by atoms with Crippen LogP contribution in [0.2, 0.25) is 0 Å². The number of aryl methyl sites for hydroxylation is 1. The average Bonchev–Trinajstić information content (AvgIpc) is 2.74. The molecule has 4 rings (SSSR count). The molecular weight excluding hydrogens is 334 g/mol. The quantitative estimate of drug-likeness (QED) is 0.554. The van der Waals surface area contributed by atoms with E-state index < -0.39 is 0 Å². The first-order chi connectivity index (χ1) is 13.3. The summed E-state index contributed by atoms with van der Waals surface area (Å²) in [4.78, 5) is 21.9. The SMILES string of the molecule is CCc1ccccc1NC(=O)c1cc(-c2ccncc2)nc2ccccc12. The van der Waals surface area contributed by atoms with Gasteiger partial charge in [-0.2, -0.15) is 0 Å². The Morgan fingerprint density at radius 2 is 1.70 bits per heavy atom. The van der Waals surface area contributed by atoms with Crippen LogP contribution in [-0.2, 0) is 6.42 Å². The summed E-state index contributed by atoms with van der Waals surface area (Å²) in [6, 6.07) is 21.2. The van der Waals surface area contributed by atoms with Crippen molar-refractivity contribution in [3.05, 3.63) is 90.3 Å². The molecule has 27 heavy (non-hydrogen) atoms. The van der Waals surface area contributed by atoms with Gasteiger partial charge >= 0.3 is 0 Å². The molecule has 0 aliphatic carbocycles. The van der Waals surface area contributed by atoms with Crippen molar-refractivity contribution >= 4 is 22.5 Å². The predicted octanol–water partition coefficient (Wildman–Crippen LogP) is 5.11. The lowest BCUT2D eigenvalue weighted by Gasteiger charge is -2.12. The number of benzene rings is 2. The van der Waals surface area contributed by atoms with Crippen molar-refractivity contribution in [1.82, 2.24) is 9.97 Å². The zero-order valence-electron chi connectivity index (χ0n) is 15.0. The molecule has 1 N–H and O–H groups in total. The highest BCUT2D eigenvalue weighted by atomic mass is 16.1. The zero-order chi connectivity index (χ0) is 18.6. The third-order valence-electron chi connectivity index (χ3n) is 4.58. The molecule has 0 atom stereocenters. The number of carbonyl (C=O) groups is 1. The minimum atomic E-state index is -0.134. The van der Waals surface area contributed by atoms with E-state index in [1.54, 1.807) is 12.4 Å². The molecule has 4 heteroatoms. The Balaban J connectivity index is 1.81. The summed E-state index contributed by atoms with van der Waals surface area (Å²) in [5, 5.41) is 3.90. The number of nitrogens with zero attached hydrogens (tertiary/aromatic N) is 2. The highest BCUT2D eigenvalue weighted by molar-refractivity contribution is 6.13. The summed E-state index contributed by atoms with van der Waals surface area (Å²) in [7, 11) is 0. The summed E-state index contributed by atoms with van der Waals surface area (Å²) < 4.78 is 0. The number of nitrogens with one attached hydrogen (secondary N) is 1. The van der Waals surface area contributed by atoms with Gasteiger partial charge in [0.1, 0.15) is 0 Å². The van der Waals surface area contributed by atoms with Crippen LogP contribution in [-0.4, -0.2) is 15.9 Å². The van der Waals surface area contributed by atoms with E-state index in [-0.39, 0.29) is 5.91 Å². The van der Waals surface area contributed by atoms with Crippen molar-refractivity contribution in [3.63, 3.8) is 0 Å². The lowest BCUT2D eigenvalue weighted by atomic mass is 10.0.